The van der Waals surface area contributed by atoms with Crippen LogP contribution in [-0.2, 0) is 13.2 Å². The first-order valence-electron chi connectivity index (χ1n) is 6.00. The van der Waals surface area contributed by atoms with E-state index in [4.69, 9.17) is 4.74 Å². The zero-order valence-corrected chi connectivity index (χ0v) is 11.3. The van der Waals surface area contributed by atoms with Gasteiger partial charge in [-0.3, -0.25) is 0 Å². The minimum Gasteiger partial charge on any atom is -0.487 e. The number of ether oxygens (including phenoxy) is 1. The van der Waals surface area contributed by atoms with Gasteiger partial charge in [-0.05, 0) is 12.1 Å². The molecular weight excluding hydrogens is 276 g/mol. The number of aliphatic hydroxyl groups is 1. The second kappa shape index (κ2) is 5.81. The lowest BCUT2D eigenvalue weighted by atomic mass is 10.3. The summed E-state index contributed by atoms with van der Waals surface area (Å²) in [6, 6.07) is 9.47. The maximum Gasteiger partial charge on any atom is 0.212 e. The molecule has 0 bridgehead atoms. The fraction of sp³-hybridized carbons (Fsp3) is 0.154. The molecule has 0 aliphatic carbocycles. The first-order valence-corrected chi connectivity index (χ1v) is 6.88. The number of rotatable bonds is 5. The molecule has 3 aromatic rings. The summed E-state index contributed by atoms with van der Waals surface area (Å²) >= 11 is 1.45. The van der Waals surface area contributed by atoms with Crippen LogP contribution in [0.2, 0.25) is 0 Å². The Morgan fingerprint density at radius 3 is 2.80 bits per heavy atom. The van der Waals surface area contributed by atoms with E-state index >= 15 is 0 Å². The highest BCUT2D eigenvalue weighted by Crippen LogP contribution is 2.18. The van der Waals surface area contributed by atoms with Crippen molar-refractivity contribution in [1.29, 1.82) is 0 Å². The van der Waals surface area contributed by atoms with Gasteiger partial charge < -0.3 is 9.84 Å². The number of nitrogens with zero attached hydrogens (tertiary/aromatic N) is 4. The molecule has 0 saturated heterocycles. The first kappa shape index (κ1) is 12.8. The van der Waals surface area contributed by atoms with Gasteiger partial charge in [0.2, 0.25) is 5.13 Å². The van der Waals surface area contributed by atoms with E-state index in [-0.39, 0.29) is 13.2 Å². The van der Waals surface area contributed by atoms with Gasteiger partial charge in [0.05, 0.1) is 6.61 Å². The predicted molar refractivity (Wildman–Crippen MR) is 73.7 cm³/mol. The maximum atomic E-state index is 9.34. The molecule has 0 atom stereocenters. The van der Waals surface area contributed by atoms with E-state index in [1.165, 1.54) is 11.3 Å². The summed E-state index contributed by atoms with van der Waals surface area (Å²) in [4.78, 5) is 4.19. The van der Waals surface area contributed by atoms with Crippen molar-refractivity contribution >= 4 is 11.3 Å². The summed E-state index contributed by atoms with van der Waals surface area (Å²) in [7, 11) is 0. The monoisotopic (exact) mass is 288 g/mol. The fourth-order valence-corrected chi connectivity index (χ4v) is 2.35. The van der Waals surface area contributed by atoms with E-state index in [0.29, 0.717) is 16.5 Å². The van der Waals surface area contributed by atoms with Crippen LogP contribution in [0, 0.1) is 0 Å². The van der Waals surface area contributed by atoms with Crippen LogP contribution in [0.3, 0.4) is 0 Å². The molecule has 0 amide bonds. The normalized spacial score (nSPS) is 10.7. The van der Waals surface area contributed by atoms with Gasteiger partial charge in [0.25, 0.3) is 0 Å². The molecule has 20 heavy (non-hydrogen) atoms. The Morgan fingerprint density at radius 1 is 1.25 bits per heavy atom. The Balaban J connectivity index is 1.86. The van der Waals surface area contributed by atoms with E-state index in [9.17, 15) is 5.11 Å². The Hall–Kier alpha value is -2.25. The summed E-state index contributed by atoms with van der Waals surface area (Å²) < 4.78 is 7.29. The van der Waals surface area contributed by atoms with Crippen LogP contribution in [0.25, 0.3) is 5.13 Å². The third kappa shape index (κ3) is 2.54. The van der Waals surface area contributed by atoms with Crippen LogP contribution in [0.5, 0.6) is 5.75 Å². The van der Waals surface area contributed by atoms with Crippen molar-refractivity contribution in [1.82, 2.24) is 20.0 Å². The maximum absolute atomic E-state index is 9.34. The van der Waals surface area contributed by atoms with E-state index < -0.39 is 0 Å². The lowest BCUT2D eigenvalue weighted by Gasteiger charge is -2.07. The number of thiazole rings is 1. The Morgan fingerprint density at radius 2 is 2.10 bits per heavy atom. The number of benzene rings is 1. The van der Waals surface area contributed by atoms with Crippen LogP contribution < -0.4 is 4.74 Å². The van der Waals surface area contributed by atoms with E-state index in [1.54, 1.807) is 10.9 Å². The zero-order valence-electron chi connectivity index (χ0n) is 10.5. The molecule has 1 aromatic carbocycles. The zero-order chi connectivity index (χ0) is 13.8. The summed E-state index contributed by atoms with van der Waals surface area (Å²) in [5.41, 5.74) is 1.20. The summed E-state index contributed by atoms with van der Waals surface area (Å²) in [6.07, 6.45) is 1.70. The van der Waals surface area contributed by atoms with Crippen molar-refractivity contribution in [2.75, 3.05) is 0 Å². The van der Waals surface area contributed by atoms with Gasteiger partial charge in [-0.15, -0.1) is 16.4 Å². The molecule has 0 fully saturated rings. The lowest BCUT2D eigenvalue weighted by Crippen LogP contribution is -2.07. The number of para-hydroxylation sites is 1. The summed E-state index contributed by atoms with van der Waals surface area (Å²) in [6.45, 7) is 0.0886. The minimum absolute atomic E-state index is 0.182. The molecule has 0 saturated carbocycles. The van der Waals surface area contributed by atoms with E-state index in [2.05, 4.69) is 15.3 Å². The molecule has 1 N–H and O–H groups in total. The molecule has 3 rings (SSSR count). The highest BCUT2D eigenvalue weighted by Gasteiger charge is 2.15. The van der Waals surface area contributed by atoms with Crippen molar-refractivity contribution in [3.8, 4) is 10.9 Å². The second-order valence-electron chi connectivity index (χ2n) is 3.97. The molecule has 6 nitrogen and oxygen atoms in total. The third-order valence-corrected chi connectivity index (χ3v) is 3.46. The number of aliphatic hydroxyl groups excluding tert-OH is 1. The lowest BCUT2D eigenvalue weighted by molar-refractivity contribution is 0.263. The van der Waals surface area contributed by atoms with Gasteiger partial charge in [-0.1, -0.05) is 23.4 Å². The van der Waals surface area contributed by atoms with Gasteiger partial charge in [0.1, 0.15) is 23.7 Å². The first-order chi connectivity index (χ1) is 9.88. The average molecular weight is 288 g/mol. The third-order valence-electron chi connectivity index (χ3n) is 2.71. The molecule has 0 unspecified atom stereocenters. The molecule has 2 heterocycles. The number of hydrogen-bond donors (Lipinski definition) is 1. The number of aromatic nitrogens is 4. The molecule has 2 aromatic heterocycles. The number of hydrogen-bond acceptors (Lipinski definition) is 6. The minimum atomic E-state index is -0.182. The smallest absolute Gasteiger partial charge is 0.212 e. The summed E-state index contributed by atoms with van der Waals surface area (Å²) in [5, 5.41) is 19.9. The fourth-order valence-electron chi connectivity index (χ4n) is 1.74. The highest BCUT2D eigenvalue weighted by atomic mass is 32.1. The van der Waals surface area contributed by atoms with Crippen LogP contribution in [0.15, 0.2) is 41.9 Å². The molecule has 7 heteroatoms. The van der Waals surface area contributed by atoms with Gasteiger partial charge in [-0.2, -0.15) is 4.68 Å². The topological polar surface area (TPSA) is 73.1 Å². The molecule has 102 valence electrons. The largest absolute Gasteiger partial charge is 0.487 e. The van der Waals surface area contributed by atoms with Crippen molar-refractivity contribution in [2.24, 2.45) is 0 Å². The van der Waals surface area contributed by atoms with Crippen molar-refractivity contribution < 1.29 is 9.84 Å². The van der Waals surface area contributed by atoms with Crippen molar-refractivity contribution in [2.45, 2.75) is 13.2 Å². The van der Waals surface area contributed by atoms with Gasteiger partial charge in [0, 0.05) is 11.6 Å². The molecule has 0 aliphatic rings. The van der Waals surface area contributed by atoms with E-state index in [1.807, 2.05) is 35.7 Å². The van der Waals surface area contributed by atoms with Crippen LogP contribution >= 0.6 is 11.3 Å². The molecule has 0 aliphatic heterocycles. The SMILES string of the molecule is OCc1nnn(-c2nccs2)c1COc1ccccc1. The molecule has 0 spiro atoms. The Labute approximate surface area is 119 Å². The van der Waals surface area contributed by atoms with Gasteiger partial charge in [0.15, 0.2) is 0 Å². The van der Waals surface area contributed by atoms with Crippen LogP contribution in [-0.4, -0.2) is 25.1 Å². The van der Waals surface area contributed by atoms with Crippen LogP contribution in [0.4, 0.5) is 0 Å². The molecule has 0 radical (unpaired) electrons. The van der Waals surface area contributed by atoms with Crippen molar-refractivity contribution in [3.63, 3.8) is 0 Å². The second-order valence-corrected chi connectivity index (χ2v) is 4.84. The van der Waals surface area contributed by atoms with Crippen molar-refractivity contribution in [3.05, 3.63) is 53.3 Å². The van der Waals surface area contributed by atoms with Gasteiger partial charge in [-0.25, -0.2) is 4.98 Å². The highest BCUT2D eigenvalue weighted by molar-refractivity contribution is 7.12. The molecular formula is C13H12N4O2S. The Kier molecular flexibility index (Phi) is 3.71. The quantitative estimate of drug-likeness (QED) is 0.775. The van der Waals surface area contributed by atoms with Crippen LogP contribution in [0.1, 0.15) is 11.4 Å². The average Bonchev–Trinajstić information content (AvgIpc) is 3.14. The summed E-state index contributed by atoms with van der Waals surface area (Å²) in [5.74, 6) is 0.753. The van der Waals surface area contributed by atoms with Gasteiger partial charge >= 0.3 is 0 Å². The predicted octanol–water partition coefficient (Wildman–Crippen LogP) is 1.80. The standard InChI is InChI=1S/C13H12N4O2S/c18-8-11-12(9-19-10-4-2-1-3-5-10)17(16-15-11)13-14-6-7-20-13/h1-7,18H,8-9H2. The van der Waals surface area contributed by atoms with E-state index in [0.717, 1.165) is 5.75 Å². The Bertz CT molecular complexity index is 667.